The highest BCUT2D eigenvalue weighted by Gasteiger charge is 2.46. The van der Waals surface area contributed by atoms with Crippen molar-refractivity contribution in [3.63, 3.8) is 0 Å². The topological polar surface area (TPSA) is 52.0 Å². The van der Waals surface area contributed by atoms with Gasteiger partial charge in [0.05, 0.1) is 0 Å². The van der Waals surface area contributed by atoms with Crippen molar-refractivity contribution in [3.8, 4) is 0 Å². The van der Waals surface area contributed by atoms with Gasteiger partial charge in [0, 0.05) is 11.5 Å². The van der Waals surface area contributed by atoms with E-state index in [4.69, 9.17) is 11.5 Å². The Labute approximate surface area is 224 Å². The van der Waals surface area contributed by atoms with Gasteiger partial charge in [-0.05, 0) is 44.5 Å². The predicted molar refractivity (Wildman–Crippen MR) is 160 cm³/mol. The van der Waals surface area contributed by atoms with Crippen molar-refractivity contribution in [3.05, 3.63) is 179 Å². The molecule has 4 N–H and O–H groups in total. The Morgan fingerprint density at radius 2 is 0.763 bits per heavy atom. The van der Waals surface area contributed by atoms with E-state index < -0.39 is 5.66 Å². The molecule has 184 valence electrons. The molecule has 2 nitrogen and oxygen atoms in total. The van der Waals surface area contributed by atoms with Gasteiger partial charge in [0.1, 0.15) is 5.66 Å². The minimum absolute atomic E-state index is 0.288. The molecule has 1 aliphatic rings. The van der Waals surface area contributed by atoms with Gasteiger partial charge in [0.2, 0.25) is 0 Å². The van der Waals surface area contributed by atoms with Gasteiger partial charge in [-0.1, -0.05) is 152 Å². The smallest absolute Gasteiger partial charge is 0.102 e. The minimum atomic E-state index is -1.20. The van der Waals surface area contributed by atoms with Crippen LogP contribution < -0.4 is 11.5 Å². The zero-order valence-corrected chi connectivity index (χ0v) is 21.2. The molecule has 5 aromatic rings. The van der Waals surface area contributed by atoms with Gasteiger partial charge >= 0.3 is 0 Å². The van der Waals surface area contributed by atoms with Crippen LogP contribution in [0.4, 0.5) is 0 Å². The molecule has 1 atom stereocenters. The van der Waals surface area contributed by atoms with Crippen LogP contribution in [0, 0.1) is 0 Å². The fraction of sp³-hybridized carbons (Fsp3) is 0.0556. The molecule has 6 rings (SSSR count). The second-order valence-corrected chi connectivity index (χ2v) is 9.78. The lowest BCUT2D eigenvalue weighted by atomic mass is 9.63. The van der Waals surface area contributed by atoms with Crippen LogP contribution in [0.1, 0.15) is 33.7 Å². The molecular formula is C36H30N2. The van der Waals surface area contributed by atoms with E-state index in [1.165, 1.54) is 0 Å². The van der Waals surface area contributed by atoms with Crippen LogP contribution in [0.3, 0.4) is 0 Å². The molecule has 1 unspecified atom stereocenters. The molecule has 0 fully saturated rings. The maximum Gasteiger partial charge on any atom is 0.102 e. The van der Waals surface area contributed by atoms with E-state index in [0.717, 1.165) is 50.1 Å². The molecule has 0 bridgehead atoms. The predicted octanol–water partition coefficient (Wildman–Crippen LogP) is 7.62. The maximum atomic E-state index is 7.41. The normalized spacial score (nSPS) is 16.9. The molecule has 0 aliphatic heterocycles. The first-order valence-electron chi connectivity index (χ1n) is 13.0. The van der Waals surface area contributed by atoms with Gasteiger partial charge in [-0.15, -0.1) is 0 Å². The van der Waals surface area contributed by atoms with Gasteiger partial charge in [-0.2, -0.15) is 0 Å². The quantitative estimate of drug-likeness (QED) is 0.249. The second-order valence-electron chi connectivity index (χ2n) is 9.78. The van der Waals surface area contributed by atoms with Gasteiger partial charge in [0.25, 0.3) is 0 Å². The lowest BCUT2D eigenvalue weighted by Gasteiger charge is -2.45. The summed E-state index contributed by atoms with van der Waals surface area (Å²) in [6.45, 7) is 0. The van der Waals surface area contributed by atoms with Crippen LogP contribution in [0.15, 0.2) is 152 Å². The molecule has 0 aromatic heterocycles. The van der Waals surface area contributed by atoms with Crippen LogP contribution in [-0.4, -0.2) is 5.66 Å². The third-order valence-electron chi connectivity index (χ3n) is 7.37. The Hall–Kier alpha value is -4.50. The fourth-order valence-electron chi connectivity index (χ4n) is 5.82. The summed E-state index contributed by atoms with van der Waals surface area (Å²) >= 11 is 0. The van der Waals surface area contributed by atoms with Gasteiger partial charge in [-0.3, -0.25) is 0 Å². The van der Waals surface area contributed by atoms with E-state index in [2.05, 4.69) is 127 Å². The number of hydrogen-bond donors (Lipinski definition) is 2. The number of rotatable bonds is 5. The number of allylic oxidation sites excluding steroid dienone is 2. The first-order valence-corrected chi connectivity index (χ1v) is 13.0. The van der Waals surface area contributed by atoms with Gasteiger partial charge in [0.15, 0.2) is 0 Å². The Balaban J connectivity index is 1.83. The van der Waals surface area contributed by atoms with Crippen LogP contribution in [0.2, 0.25) is 0 Å². The highest BCUT2D eigenvalue weighted by molar-refractivity contribution is 6.26. The molecule has 38 heavy (non-hydrogen) atoms. The van der Waals surface area contributed by atoms with Crippen LogP contribution in [0.25, 0.3) is 22.3 Å². The summed E-state index contributed by atoms with van der Waals surface area (Å²) < 4.78 is 0. The van der Waals surface area contributed by atoms with E-state index in [1.807, 2.05) is 24.3 Å². The van der Waals surface area contributed by atoms with Crippen molar-refractivity contribution in [2.75, 3.05) is 0 Å². The molecule has 0 saturated carbocycles. The van der Waals surface area contributed by atoms with Gasteiger partial charge in [-0.25, -0.2) is 0 Å². The first kappa shape index (κ1) is 23.9. The molecule has 0 spiro atoms. The fourth-order valence-corrected chi connectivity index (χ4v) is 5.82. The molecule has 0 radical (unpaired) electrons. The first-order chi connectivity index (χ1) is 18.7. The summed E-state index contributed by atoms with van der Waals surface area (Å²) in [4.78, 5) is 0. The van der Waals surface area contributed by atoms with Crippen LogP contribution >= 0.6 is 0 Å². The Kier molecular flexibility index (Phi) is 6.35. The molecular weight excluding hydrogens is 460 g/mol. The van der Waals surface area contributed by atoms with Crippen molar-refractivity contribution in [1.82, 2.24) is 0 Å². The van der Waals surface area contributed by atoms with E-state index in [1.54, 1.807) is 0 Å². The zero-order valence-electron chi connectivity index (χ0n) is 21.2. The SMILES string of the molecule is NC1(N)C(c2ccccc2)=C(c2ccccc2)C(c2ccccc2)=C(c2ccccc2)C1c1ccccc1. The second kappa shape index (κ2) is 10.1. The van der Waals surface area contributed by atoms with Crippen molar-refractivity contribution < 1.29 is 0 Å². The monoisotopic (exact) mass is 490 g/mol. The molecule has 5 aromatic carbocycles. The summed E-state index contributed by atoms with van der Waals surface area (Å²) in [6.07, 6.45) is 0. The van der Waals surface area contributed by atoms with E-state index in [-0.39, 0.29) is 5.92 Å². The summed E-state index contributed by atoms with van der Waals surface area (Å²) in [5.41, 5.74) is 23.4. The Bertz CT molecular complexity index is 1590. The van der Waals surface area contributed by atoms with Crippen molar-refractivity contribution in [2.45, 2.75) is 11.6 Å². The van der Waals surface area contributed by atoms with E-state index >= 15 is 0 Å². The molecule has 0 amide bonds. The van der Waals surface area contributed by atoms with Crippen molar-refractivity contribution in [2.24, 2.45) is 11.5 Å². The summed E-state index contributed by atoms with van der Waals surface area (Å²) in [5, 5.41) is 0. The average Bonchev–Trinajstić information content (AvgIpc) is 2.98. The van der Waals surface area contributed by atoms with E-state index in [0.29, 0.717) is 0 Å². The Morgan fingerprint density at radius 3 is 1.24 bits per heavy atom. The summed E-state index contributed by atoms with van der Waals surface area (Å²) in [5.74, 6) is -0.288. The minimum Gasteiger partial charge on any atom is -0.309 e. The zero-order chi connectivity index (χ0) is 26.0. The highest BCUT2D eigenvalue weighted by atomic mass is 15.0. The lowest BCUT2D eigenvalue weighted by Crippen LogP contribution is -2.57. The summed E-state index contributed by atoms with van der Waals surface area (Å²) in [7, 11) is 0. The van der Waals surface area contributed by atoms with Crippen LogP contribution in [-0.2, 0) is 0 Å². The average molecular weight is 491 g/mol. The van der Waals surface area contributed by atoms with E-state index in [9.17, 15) is 0 Å². The number of hydrogen-bond acceptors (Lipinski definition) is 2. The molecule has 0 saturated heterocycles. The molecule has 2 heteroatoms. The van der Waals surface area contributed by atoms with Crippen molar-refractivity contribution in [1.29, 1.82) is 0 Å². The molecule has 1 aliphatic carbocycles. The highest BCUT2D eigenvalue weighted by Crippen LogP contribution is 2.56. The lowest BCUT2D eigenvalue weighted by molar-refractivity contribution is 0.522. The van der Waals surface area contributed by atoms with Crippen LogP contribution in [0.5, 0.6) is 0 Å². The van der Waals surface area contributed by atoms with Gasteiger partial charge < -0.3 is 11.5 Å². The standard InChI is InChI=1S/C36H30N2/c37-36(38)34(29-22-12-4-13-23-29)32(27-18-8-2-9-19-27)31(26-16-6-1-7-17-26)33(28-20-10-3-11-21-28)35(36)30-24-14-5-15-25-30/h1-25,34H,37-38H2. The Morgan fingerprint density at radius 1 is 0.395 bits per heavy atom. The summed E-state index contributed by atoms with van der Waals surface area (Å²) in [6, 6.07) is 52.5. The molecule has 0 heterocycles. The number of benzene rings is 5. The maximum absolute atomic E-state index is 7.41. The number of nitrogens with two attached hydrogens (primary N) is 2. The third-order valence-corrected chi connectivity index (χ3v) is 7.37. The van der Waals surface area contributed by atoms with Crippen molar-refractivity contribution >= 4 is 22.3 Å². The third kappa shape index (κ3) is 4.20. The largest absolute Gasteiger partial charge is 0.309 e.